The lowest BCUT2D eigenvalue weighted by Crippen LogP contribution is -2.37. The number of nitrogens with zero attached hydrogens (tertiary/aromatic N) is 1. The van der Waals surface area contributed by atoms with Gasteiger partial charge in [-0.05, 0) is 25.3 Å². The molecular weight excluding hydrogens is 186 g/mol. The van der Waals surface area contributed by atoms with Crippen molar-refractivity contribution in [3.8, 4) is 0 Å². The molecule has 0 aliphatic heterocycles. The van der Waals surface area contributed by atoms with Gasteiger partial charge in [-0.25, -0.2) is 4.98 Å². The van der Waals surface area contributed by atoms with Gasteiger partial charge in [-0.1, -0.05) is 19.8 Å². The van der Waals surface area contributed by atoms with Crippen LogP contribution in [0.2, 0.25) is 0 Å². The maximum atomic E-state index is 4.30. The van der Waals surface area contributed by atoms with Crippen LogP contribution in [0.5, 0.6) is 0 Å². The van der Waals surface area contributed by atoms with Crippen molar-refractivity contribution < 1.29 is 0 Å². The highest BCUT2D eigenvalue weighted by atomic mass is 14.9. The van der Waals surface area contributed by atoms with E-state index in [1.807, 2.05) is 12.4 Å². The highest BCUT2D eigenvalue weighted by molar-refractivity contribution is 4.95. The van der Waals surface area contributed by atoms with Gasteiger partial charge in [-0.15, -0.1) is 0 Å². The average molecular weight is 207 g/mol. The predicted octanol–water partition coefficient (Wildman–Crippen LogP) is 1.98. The summed E-state index contributed by atoms with van der Waals surface area (Å²) in [5.74, 6) is 2.78. The molecule has 0 bridgehead atoms. The third-order valence-corrected chi connectivity index (χ3v) is 3.78. The Kier molecular flexibility index (Phi) is 3.41. The lowest BCUT2D eigenvalue weighted by atomic mass is 9.88. The van der Waals surface area contributed by atoms with Crippen molar-refractivity contribution >= 4 is 0 Å². The molecule has 1 fully saturated rings. The number of hydrogen-bond donors (Lipinski definition) is 2. The molecule has 1 aliphatic carbocycles. The molecule has 2 N–H and O–H groups in total. The van der Waals surface area contributed by atoms with Crippen LogP contribution < -0.4 is 5.32 Å². The van der Waals surface area contributed by atoms with Crippen LogP contribution in [0.3, 0.4) is 0 Å². The molecule has 0 saturated heterocycles. The van der Waals surface area contributed by atoms with E-state index in [0.29, 0.717) is 6.04 Å². The minimum absolute atomic E-state index is 0.577. The number of hydrogen-bond acceptors (Lipinski definition) is 2. The highest BCUT2D eigenvalue weighted by Gasteiger charge is 2.30. The standard InChI is InChI=1S/C12H21N3/c1-9-4-3-5-10(9)11(13-2)8-12-14-6-7-15-12/h6-7,9-11,13H,3-5,8H2,1-2H3,(H,14,15). The van der Waals surface area contributed by atoms with Gasteiger partial charge >= 0.3 is 0 Å². The van der Waals surface area contributed by atoms with E-state index >= 15 is 0 Å². The Balaban J connectivity index is 1.97. The SMILES string of the molecule is CNC(Cc1ncc[nH]1)C1CCCC1C. The fourth-order valence-corrected chi connectivity index (χ4v) is 2.86. The average Bonchev–Trinajstić information content (AvgIpc) is 2.85. The molecule has 3 unspecified atom stereocenters. The second-order valence-corrected chi connectivity index (χ2v) is 4.71. The second kappa shape index (κ2) is 4.79. The molecule has 0 amide bonds. The Hall–Kier alpha value is -0.830. The van der Waals surface area contributed by atoms with Crippen LogP contribution in [0.25, 0.3) is 0 Å². The molecule has 1 aromatic heterocycles. The number of imidazole rings is 1. The monoisotopic (exact) mass is 207 g/mol. The van der Waals surface area contributed by atoms with Crippen LogP contribution >= 0.6 is 0 Å². The van der Waals surface area contributed by atoms with Crippen LogP contribution in [-0.4, -0.2) is 23.1 Å². The van der Waals surface area contributed by atoms with Gasteiger partial charge in [0.25, 0.3) is 0 Å². The zero-order valence-electron chi connectivity index (χ0n) is 9.66. The largest absolute Gasteiger partial charge is 0.349 e. The third kappa shape index (κ3) is 2.40. The van der Waals surface area contributed by atoms with Crippen molar-refractivity contribution in [1.82, 2.24) is 15.3 Å². The second-order valence-electron chi connectivity index (χ2n) is 4.71. The van der Waals surface area contributed by atoms with Crippen LogP contribution in [0.1, 0.15) is 32.0 Å². The Morgan fingerprint density at radius 3 is 3.00 bits per heavy atom. The number of nitrogens with one attached hydrogen (secondary N) is 2. The summed E-state index contributed by atoms with van der Waals surface area (Å²) >= 11 is 0. The van der Waals surface area contributed by atoms with Gasteiger partial charge in [0.1, 0.15) is 5.82 Å². The van der Waals surface area contributed by atoms with Gasteiger partial charge in [0.15, 0.2) is 0 Å². The summed E-state index contributed by atoms with van der Waals surface area (Å²) in [7, 11) is 2.07. The maximum Gasteiger partial charge on any atom is 0.107 e. The van der Waals surface area contributed by atoms with Gasteiger partial charge in [-0.3, -0.25) is 0 Å². The van der Waals surface area contributed by atoms with Gasteiger partial charge in [0.05, 0.1) is 0 Å². The summed E-state index contributed by atoms with van der Waals surface area (Å²) in [6.07, 6.45) is 8.91. The van der Waals surface area contributed by atoms with E-state index in [1.165, 1.54) is 19.3 Å². The van der Waals surface area contributed by atoms with Crippen molar-refractivity contribution in [2.45, 2.75) is 38.6 Å². The number of likely N-dealkylation sites (N-methyl/N-ethyl adjacent to an activating group) is 1. The molecule has 3 nitrogen and oxygen atoms in total. The normalized spacial score (nSPS) is 28.1. The smallest absolute Gasteiger partial charge is 0.107 e. The van der Waals surface area contributed by atoms with Crippen molar-refractivity contribution in [2.75, 3.05) is 7.05 Å². The molecule has 1 saturated carbocycles. The lowest BCUT2D eigenvalue weighted by molar-refractivity contribution is 0.305. The molecule has 3 atom stereocenters. The van der Waals surface area contributed by atoms with E-state index in [0.717, 1.165) is 24.1 Å². The summed E-state index contributed by atoms with van der Waals surface area (Å²) < 4.78 is 0. The minimum atomic E-state index is 0.577. The van der Waals surface area contributed by atoms with E-state index in [4.69, 9.17) is 0 Å². The molecule has 0 spiro atoms. The molecule has 15 heavy (non-hydrogen) atoms. The fourth-order valence-electron chi connectivity index (χ4n) is 2.86. The lowest BCUT2D eigenvalue weighted by Gasteiger charge is -2.25. The molecule has 2 rings (SSSR count). The van der Waals surface area contributed by atoms with Crippen molar-refractivity contribution in [1.29, 1.82) is 0 Å². The summed E-state index contributed by atoms with van der Waals surface area (Å²) in [4.78, 5) is 7.49. The Bertz CT molecular complexity index is 281. The first kappa shape index (κ1) is 10.7. The van der Waals surface area contributed by atoms with Crippen LogP contribution in [-0.2, 0) is 6.42 Å². The van der Waals surface area contributed by atoms with Crippen LogP contribution in [0.4, 0.5) is 0 Å². The predicted molar refractivity (Wildman–Crippen MR) is 61.6 cm³/mol. The Morgan fingerprint density at radius 2 is 2.47 bits per heavy atom. The van der Waals surface area contributed by atoms with E-state index in [9.17, 15) is 0 Å². The number of aromatic amines is 1. The molecule has 1 aromatic rings. The minimum Gasteiger partial charge on any atom is -0.349 e. The summed E-state index contributed by atoms with van der Waals surface area (Å²) in [5, 5.41) is 3.45. The Morgan fingerprint density at radius 1 is 1.60 bits per heavy atom. The number of rotatable bonds is 4. The van der Waals surface area contributed by atoms with Crippen LogP contribution in [0.15, 0.2) is 12.4 Å². The van der Waals surface area contributed by atoms with E-state index in [2.05, 4.69) is 29.3 Å². The van der Waals surface area contributed by atoms with Crippen molar-refractivity contribution in [2.24, 2.45) is 11.8 Å². The zero-order valence-corrected chi connectivity index (χ0v) is 9.66. The third-order valence-electron chi connectivity index (χ3n) is 3.78. The molecule has 3 heteroatoms. The van der Waals surface area contributed by atoms with Gasteiger partial charge < -0.3 is 10.3 Å². The van der Waals surface area contributed by atoms with Crippen molar-refractivity contribution in [3.05, 3.63) is 18.2 Å². The van der Waals surface area contributed by atoms with E-state index in [-0.39, 0.29) is 0 Å². The van der Waals surface area contributed by atoms with E-state index in [1.54, 1.807) is 0 Å². The first-order valence-electron chi connectivity index (χ1n) is 5.96. The summed E-state index contributed by atoms with van der Waals surface area (Å²) in [6, 6.07) is 0.577. The first-order valence-corrected chi connectivity index (χ1v) is 5.96. The topological polar surface area (TPSA) is 40.7 Å². The molecule has 84 valence electrons. The van der Waals surface area contributed by atoms with Gasteiger partial charge in [-0.2, -0.15) is 0 Å². The maximum absolute atomic E-state index is 4.30. The highest BCUT2D eigenvalue weighted by Crippen LogP contribution is 2.34. The molecule has 1 heterocycles. The summed E-state index contributed by atoms with van der Waals surface area (Å²) in [5.41, 5.74) is 0. The van der Waals surface area contributed by atoms with Crippen LogP contribution in [0, 0.1) is 11.8 Å². The summed E-state index contributed by atoms with van der Waals surface area (Å²) in [6.45, 7) is 2.38. The molecule has 0 radical (unpaired) electrons. The van der Waals surface area contributed by atoms with Crippen molar-refractivity contribution in [3.63, 3.8) is 0 Å². The number of aromatic nitrogens is 2. The molecule has 0 aromatic carbocycles. The zero-order chi connectivity index (χ0) is 10.7. The van der Waals surface area contributed by atoms with Gasteiger partial charge in [0, 0.05) is 24.9 Å². The molecule has 1 aliphatic rings. The van der Waals surface area contributed by atoms with E-state index < -0.39 is 0 Å². The molecular formula is C12H21N3. The first-order chi connectivity index (χ1) is 7.31. The van der Waals surface area contributed by atoms with Gasteiger partial charge in [0.2, 0.25) is 0 Å². The Labute approximate surface area is 91.7 Å². The number of H-pyrrole nitrogens is 1. The quantitative estimate of drug-likeness (QED) is 0.792. The fraction of sp³-hybridized carbons (Fsp3) is 0.750.